The van der Waals surface area contributed by atoms with Gasteiger partial charge >= 0.3 is 6.01 Å². The molecule has 0 radical (unpaired) electrons. The highest BCUT2D eigenvalue weighted by molar-refractivity contribution is 5.85. The Morgan fingerprint density at radius 2 is 1.75 bits per heavy atom. The summed E-state index contributed by atoms with van der Waals surface area (Å²) in [5.74, 6) is 1.20. The summed E-state index contributed by atoms with van der Waals surface area (Å²) in [7, 11) is 1.63. The van der Waals surface area contributed by atoms with Crippen LogP contribution >= 0.6 is 24.8 Å². The second-order valence-electron chi connectivity index (χ2n) is 6.85. The van der Waals surface area contributed by atoms with Gasteiger partial charge in [0.05, 0.1) is 12.8 Å². The normalized spacial score (nSPS) is 10.4. The highest BCUT2D eigenvalue weighted by Gasteiger charge is 2.14. The molecule has 0 aliphatic heterocycles. The van der Waals surface area contributed by atoms with Gasteiger partial charge in [-0.25, -0.2) is 0 Å². The van der Waals surface area contributed by atoms with E-state index in [-0.39, 0.29) is 30.8 Å². The van der Waals surface area contributed by atoms with Crippen LogP contribution in [0.3, 0.4) is 0 Å². The van der Waals surface area contributed by atoms with Crippen molar-refractivity contribution in [1.82, 2.24) is 30.4 Å². The predicted molar refractivity (Wildman–Crippen MR) is 131 cm³/mol. The van der Waals surface area contributed by atoms with Gasteiger partial charge in [-0.2, -0.15) is 4.68 Å². The van der Waals surface area contributed by atoms with E-state index in [0.717, 1.165) is 50.4 Å². The lowest BCUT2D eigenvalue weighted by molar-refractivity contribution is 0.298. The van der Waals surface area contributed by atoms with E-state index in [2.05, 4.69) is 39.6 Å². The van der Waals surface area contributed by atoms with Crippen molar-refractivity contribution in [2.45, 2.75) is 26.8 Å². The monoisotopic (exact) mass is 482 g/mol. The maximum atomic E-state index is 5.95. The number of benzene rings is 2. The predicted octanol–water partition coefficient (Wildman–Crippen LogP) is 4.13. The van der Waals surface area contributed by atoms with Gasteiger partial charge in [-0.05, 0) is 72.9 Å². The highest BCUT2D eigenvalue weighted by atomic mass is 35.5. The number of aromatic nitrogens is 4. The van der Waals surface area contributed by atoms with Crippen LogP contribution in [0.15, 0.2) is 48.5 Å². The van der Waals surface area contributed by atoms with Gasteiger partial charge in [0.1, 0.15) is 0 Å². The quantitative estimate of drug-likeness (QED) is 0.388. The molecule has 32 heavy (non-hydrogen) atoms. The summed E-state index contributed by atoms with van der Waals surface area (Å²) in [5, 5.41) is 15.2. The number of methoxy groups -OCH3 is 1. The lowest BCUT2D eigenvalue weighted by Gasteiger charge is -2.17. The molecule has 0 aliphatic rings. The number of halogens is 2. The molecule has 0 spiro atoms. The third kappa shape index (κ3) is 7.63. The van der Waals surface area contributed by atoms with Gasteiger partial charge in [0.2, 0.25) is 0 Å². The van der Waals surface area contributed by atoms with Crippen molar-refractivity contribution in [3.8, 4) is 23.2 Å². The summed E-state index contributed by atoms with van der Waals surface area (Å²) in [6.45, 7) is 9.47. The summed E-state index contributed by atoms with van der Waals surface area (Å²) in [5.41, 5.74) is 1.95. The average molecular weight is 483 g/mol. The fourth-order valence-electron chi connectivity index (χ4n) is 3.18. The van der Waals surface area contributed by atoms with Gasteiger partial charge in [-0.3, -0.25) is 0 Å². The second kappa shape index (κ2) is 14.6. The van der Waals surface area contributed by atoms with Crippen molar-refractivity contribution in [2.75, 3.05) is 33.3 Å². The summed E-state index contributed by atoms with van der Waals surface area (Å²) >= 11 is 0. The molecule has 0 atom stereocenters. The fourth-order valence-corrected chi connectivity index (χ4v) is 3.18. The lowest BCUT2D eigenvalue weighted by Crippen LogP contribution is -2.27. The number of hydrogen-bond donors (Lipinski definition) is 1. The van der Waals surface area contributed by atoms with E-state index in [1.165, 1.54) is 0 Å². The SMILES string of the molecule is CCN(CC)CCCNCc1ccc(Oc2nnnn2-c2ccccc2)c(OC)c1.Cl.Cl. The topological polar surface area (TPSA) is 77.3 Å². The summed E-state index contributed by atoms with van der Waals surface area (Å²) < 4.78 is 13.0. The van der Waals surface area contributed by atoms with Gasteiger partial charge < -0.3 is 19.7 Å². The van der Waals surface area contributed by atoms with Crippen LogP contribution in [0.2, 0.25) is 0 Å². The van der Waals surface area contributed by atoms with Crippen molar-refractivity contribution < 1.29 is 9.47 Å². The number of nitrogens with one attached hydrogen (secondary N) is 1. The van der Waals surface area contributed by atoms with Crippen LogP contribution in [-0.4, -0.2) is 58.4 Å². The van der Waals surface area contributed by atoms with Gasteiger partial charge in [-0.15, -0.1) is 24.8 Å². The Labute approximate surface area is 202 Å². The molecule has 0 amide bonds. The van der Waals surface area contributed by atoms with Crippen LogP contribution < -0.4 is 14.8 Å². The van der Waals surface area contributed by atoms with Crippen LogP contribution in [0.1, 0.15) is 25.8 Å². The Hall–Kier alpha value is -2.39. The zero-order valence-corrected chi connectivity index (χ0v) is 20.4. The zero-order valence-electron chi connectivity index (χ0n) is 18.7. The van der Waals surface area contributed by atoms with Crippen LogP contribution in [0.4, 0.5) is 0 Å². The lowest BCUT2D eigenvalue weighted by atomic mass is 10.2. The molecule has 0 fully saturated rings. The molecule has 10 heteroatoms. The smallest absolute Gasteiger partial charge is 0.346 e. The highest BCUT2D eigenvalue weighted by Crippen LogP contribution is 2.32. The first kappa shape index (κ1) is 27.6. The number of hydrogen-bond acceptors (Lipinski definition) is 7. The summed E-state index contributed by atoms with van der Waals surface area (Å²) in [6, 6.07) is 15.8. The first-order valence-corrected chi connectivity index (χ1v) is 10.4. The Morgan fingerprint density at radius 1 is 1.00 bits per heavy atom. The standard InChI is InChI=1S/C22H30N6O2.2ClH/c1-4-27(5-2)15-9-14-23-17-18-12-13-20(21(16-18)29-3)30-22-24-25-26-28(22)19-10-7-6-8-11-19;;/h6-8,10-13,16,23H,4-5,9,14-15,17H2,1-3H3;2*1H. The molecule has 176 valence electrons. The number of nitrogens with zero attached hydrogens (tertiary/aromatic N) is 5. The van der Waals surface area contributed by atoms with Gasteiger partial charge in [0.15, 0.2) is 11.5 Å². The number of tetrazole rings is 1. The zero-order chi connectivity index (χ0) is 21.2. The van der Waals surface area contributed by atoms with E-state index in [4.69, 9.17) is 9.47 Å². The minimum Gasteiger partial charge on any atom is -0.493 e. The minimum absolute atomic E-state index is 0. The number of rotatable bonds is 12. The molecule has 0 saturated heterocycles. The van der Waals surface area contributed by atoms with Crippen LogP contribution in [0.5, 0.6) is 17.5 Å². The van der Waals surface area contributed by atoms with E-state index >= 15 is 0 Å². The van der Waals surface area contributed by atoms with Crippen LogP contribution in [0.25, 0.3) is 5.69 Å². The van der Waals surface area contributed by atoms with E-state index in [0.29, 0.717) is 11.5 Å². The molecule has 3 aromatic rings. The molecule has 1 aromatic heterocycles. The maximum Gasteiger partial charge on any atom is 0.346 e. The van der Waals surface area contributed by atoms with E-state index in [1.807, 2.05) is 48.5 Å². The average Bonchev–Trinajstić information content (AvgIpc) is 3.26. The molecular formula is C22H32Cl2N6O2. The molecular weight excluding hydrogens is 451 g/mol. The molecule has 1 N–H and O–H groups in total. The molecule has 8 nitrogen and oxygen atoms in total. The molecule has 2 aromatic carbocycles. The molecule has 0 unspecified atom stereocenters. The molecule has 1 heterocycles. The van der Waals surface area contributed by atoms with E-state index < -0.39 is 0 Å². The molecule has 3 rings (SSSR count). The Morgan fingerprint density at radius 3 is 2.44 bits per heavy atom. The van der Waals surface area contributed by atoms with Crippen molar-refractivity contribution >= 4 is 24.8 Å². The van der Waals surface area contributed by atoms with Crippen LogP contribution in [-0.2, 0) is 6.54 Å². The molecule has 0 saturated carbocycles. The summed E-state index contributed by atoms with van der Waals surface area (Å²) in [4.78, 5) is 2.43. The third-order valence-corrected chi connectivity index (χ3v) is 4.92. The van der Waals surface area contributed by atoms with Crippen molar-refractivity contribution in [3.05, 3.63) is 54.1 Å². The minimum atomic E-state index is 0. The van der Waals surface area contributed by atoms with Gasteiger partial charge in [-0.1, -0.05) is 43.2 Å². The third-order valence-electron chi connectivity index (χ3n) is 4.92. The van der Waals surface area contributed by atoms with E-state index in [1.54, 1.807) is 11.8 Å². The van der Waals surface area contributed by atoms with E-state index in [9.17, 15) is 0 Å². The van der Waals surface area contributed by atoms with Gasteiger partial charge in [0, 0.05) is 6.54 Å². The van der Waals surface area contributed by atoms with Gasteiger partial charge in [0.25, 0.3) is 0 Å². The fraction of sp³-hybridized carbons (Fsp3) is 0.409. The maximum absolute atomic E-state index is 5.95. The first-order chi connectivity index (χ1) is 14.7. The Kier molecular flexibility index (Phi) is 12.6. The molecule has 0 bridgehead atoms. The Balaban J connectivity index is 0.00000256. The molecule has 0 aliphatic carbocycles. The van der Waals surface area contributed by atoms with Crippen molar-refractivity contribution in [2.24, 2.45) is 0 Å². The summed E-state index contributed by atoms with van der Waals surface area (Å²) in [6.07, 6.45) is 1.13. The largest absolute Gasteiger partial charge is 0.493 e. The number of para-hydroxylation sites is 1. The van der Waals surface area contributed by atoms with Crippen molar-refractivity contribution in [1.29, 1.82) is 0 Å². The van der Waals surface area contributed by atoms with Crippen LogP contribution in [0, 0.1) is 0 Å². The van der Waals surface area contributed by atoms with Crippen molar-refractivity contribution in [3.63, 3.8) is 0 Å². The first-order valence-electron chi connectivity index (χ1n) is 10.4. The Bertz CT molecular complexity index is 906. The second-order valence-corrected chi connectivity index (χ2v) is 6.85. The number of ether oxygens (including phenoxy) is 2.